The smallest absolute Gasteiger partial charge is 0.170 e. The first-order chi connectivity index (χ1) is 15.1. The highest BCUT2D eigenvalue weighted by Crippen LogP contribution is 2.41. The standard InChI is InChI=1S/C24H24ClN3O2S/c1-15-7-8-16(25)13-18(15)20-9-10-21(30-20)23-22(19-6-2-3-11-26-19)27-24(31)28(23)14-17-5-4-12-29-17/h2-3,6-11,13,17,22-23H,4-5,12,14H2,1H3,(H,27,31)/t17-,22-,23-/m0/s1. The molecule has 3 aromatic rings. The van der Waals surface area contributed by atoms with Crippen molar-refractivity contribution in [1.29, 1.82) is 0 Å². The van der Waals surface area contributed by atoms with E-state index in [1.54, 1.807) is 0 Å². The molecule has 5 rings (SSSR count). The molecule has 2 saturated heterocycles. The van der Waals surface area contributed by atoms with E-state index in [1.165, 1.54) is 0 Å². The third-order valence-electron chi connectivity index (χ3n) is 6.01. The Hall–Kier alpha value is -2.41. The van der Waals surface area contributed by atoms with Gasteiger partial charge in [-0.3, -0.25) is 4.98 Å². The molecular weight excluding hydrogens is 430 g/mol. The average Bonchev–Trinajstić information content (AvgIpc) is 3.52. The van der Waals surface area contributed by atoms with Crippen LogP contribution in [0.4, 0.5) is 0 Å². The first kappa shape index (κ1) is 20.5. The van der Waals surface area contributed by atoms with Crippen molar-refractivity contribution in [2.24, 2.45) is 0 Å². The summed E-state index contributed by atoms with van der Waals surface area (Å²) in [6.45, 7) is 3.60. The number of nitrogens with zero attached hydrogens (tertiary/aromatic N) is 2. The Morgan fingerprint density at radius 1 is 1.23 bits per heavy atom. The Morgan fingerprint density at radius 3 is 2.90 bits per heavy atom. The van der Waals surface area contributed by atoms with E-state index in [0.29, 0.717) is 10.1 Å². The van der Waals surface area contributed by atoms with E-state index in [9.17, 15) is 0 Å². The van der Waals surface area contributed by atoms with E-state index in [1.807, 2.05) is 54.7 Å². The van der Waals surface area contributed by atoms with Crippen LogP contribution < -0.4 is 5.32 Å². The number of benzene rings is 1. The van der Waals surface area contributed by atoms with Crippen molar-refractivity contribution in [2.75, 3.05) is 13.2 Å². The first-order valence-corrected chi connectivity index (χ1v) is 11.3. The van der Waals surface area contributed by atoms with Gasteiger partial charge in [-0.1, -0.05) is 23.7 Å². The lowest BCUT2D eigenvalue weighted by Crippen LogP contribution is -2.36. The van der Waals surface area contributed by atoms with Gasteiger partial charge in [-0.05, 0) is 73.9 Å². The number of aryl methyl sites for hydroxylation is 1. The second kappa shape index (κ2) is 8.61. The molecule has 0 bridgehead atoms. The van der Waals surface area contributed by atoms with Crippen molar-refractivity contribution in [3.63, 3.8) is 0 Å². The van der Waals surface area contributed by atoms with E-state index < -0.39 is 0 Å². The van der Waals surface area contributed by atoms with Gasteiger partial charge in [0.1, 0.15) is 17.6 Å². The predicted molar refractivity (Wildman–Crippen MR) is 125 cm³/mol. The molecule has 1 aromatic carbocycles. The van der Waals surface area contributed by atoms with Crippen molar-refractivity contribution in [3.8, 4) is 11.3 Å². The van der Waals surface area contributed by atoms with Gasteiger partial charge in [0.05, 0.1) is 17.8 Å². The number of pyridine rings is 1. The molecule has 31 heavy (non-hydrogen) atoms. The minimum atomic E-state index is -0.111. The van der Waals surface area contributed by atoms with Gasteiger partial charge in [0.15, 0.2) is 5.11 Å². The minimum absolute atomic E-state index is 0.102. The van der Waals surface area contributed by atoms with E-state index in [-0.39, 0.29) is 18.2 Å². The van der Waals surface area contributed by atoms with Crippen molar-refractivity contribution in [2.45, 2.75) is 38.0 Å². The van der Waals surface area contributed by atoms with E-state index in [0.717, 1.165) is 54.3 Å². The molecule has 4 heterocycles. The lowest BCUT2D eigenvalue weighted by atomic mass is 10.0. The van der Waals surface area contributed by atoms with Crippen LogP contribution in [0.2, 0.25) is 5.02 Å². The molecule has 3 atom stereocenters. The molecule has 2 aromatic heterocycles. The Balaban J connectivity index is 1.52. The summed E-state index contributed by atoms with van der Waals surface area (Å²) in [4.78, 5) is 6.78. The molecule has 2 aliphatic heterocycles. The maximum absolute atomic E-state index is 6.42. The van der Waals surface area contributed by atoms with Crippen molar-refractivity contribution < 1.29 is 9.15 Å². The number of thiocarbonyl (C=S) groups is 1. The minimum Gasteiger partial charge on any atom is -0.459 e. The lowest BCUT2D eigenvalue weighted by Gasteiger charge is -2.28. The highest BCUT2D eigenvalue weighted by molar-refractivity contribution is 7.80. The number of hydrogen-bond donors (Lipinski definition) is 1. The normalized spacial score (nSPS) is 23.4. The molecule has 160 valence electrons. The van der Waals surface area contributed by atoms with Crippen LogP contribution in [-0.4, -0.2) is 34.3 Å². The second-order valence-electron chi connectivity index (χ2n) is 8.08. The van der Waals surface area contributed by atoms with Gasteiger partial charge in [0.2, 0.25) is 0 Å². The summed E-state index contributed by atoms with van der Waals surface area (Å²) >= 11 is 12.0. The summed E-state index contributed by atoms with van der Waals surface area (Å²) in [5.74, 6) is 1.64. The largest absolute Gasteiger partial charge is 0.459 e. The van der Waals surface area contributed by atoms with E-state index in [4.69, 9.17) is 33.0 Å². The van der Waals surface area contributed by atoms with Gasteiger partial charge in [-0.25, -0.2) is 0 Å². The summed E-state index contributed by atoms with van der Waals surface area (Å²) < 4.78 is 12.3. The highest BCUT2D eigenvalue weighted by Gasteiger charge is 2.42. The summed E-state index contributed by atoms with van der Waals surface area (Å²) in [5, 5.41) is 4.86. The SMILES string of the molecule is Cc1ccc(Cl)cc1-c1ccc([C@H]2[C@H](c3ccccn3)NC(=S)N2C[C@@H]2CCCO2)o1. The van der Waals surface area contributed by atoms with Crippen molar-refractivity contribution >= 4 is 28.9 Å². The molecule has 2 fully saturated rings. The highest BCUT2D eigenvalue weighted by atomic mass is 35.5. The number of hydrogen-bond acceptors (Lipinski definition) is 4. The number of ether oxygens (including phenoxy) is 1. The van der Waals surface area contributed by atoms with Gasteiger partial charge in [-0.15, -0.1) is 0 Å². The third-order valence-corrected chi connectivity index (χ3v) is 6.59. The Morgan fingerprint density at radius 2 is 2.13 bits per heavy atom. The van der Waals surface area contributed by atoms with E-state index >= 15 is 0 Å². The Labute approximate surface area is 192 Å². The zero-order valence-electron chi connectivity index (χ0n) is 17.3. The van der Waals surface area contributed by atoms with Crippen LogP contribution in [0.25, 0.3) is 11.3 Å². The van der Waals surface area contributed by atoms with E-state index in [2.05, 4.69) is 22.1 Å². The van der Waals surface area contributed by atoms with Crippen LogP contribution in [0.1, 0.15) is 41.9 Å². The monoisotopic (exact) mass is 453 g/mol. The van der Waals surface area contributed by atoms with Crippen molar-refractivity contribution in [3.05, 3.63) is 76.8 Å². The molecule has 0 unspecified atom stereocenters. The lowest BCUT2D eigenvalue weighted by molar-refractivity contribution is 0.0818. The fourth-order valence-electron chi connectivity index (χ4n) is 4.44. The fraction of sp³-hybridized carbons (Fsp3) is 0.333. The molecule has 0 amide bonds. The summed E-state index contributed by atoms with van der Waals surface area (Å²) in [6, 6.07) is 15.6. The molecule has 0 spiro atoms. The summed E-state index contributed by atoms with van der Waals surface area (Å²) in [7, 11) is 0. The third kappa shape index (κ3) is 4.07. The molecule has 0 aliphatic carbocycles. The van der Waals surface area contributed by atoms with Crippen LogP contribution in [-0.2, 0) is 4.74 Å². The zero-order valence-corrected chi connectivity index (χ0v) is 18.8. The molecule has 0 saturated carbocycles. The predicted octanol–water partition coefficient (Wildman–Crippen LogP) is 5.45. The van der Waals surface area contributed by atoms with Crippen molar-refractivity contribution in [1.82, 2.24) is 15.2 Å². The number of nitrogens with one attached hydrogen (secondary N) is 1. The Kier molecular flexibility index (Phi) is 5.69. The number of rotatable bonds is 5. The maximum Gasteiger partial charge on any atom is 0.170 e. The Bertz CT molecular complexity index is 1080. The quantitative estimate of drug-likeness (QED) is 0.518. The summed E-state index contributed by atoms with van der Waals surface area (Å²) in [6.07, 6.45) is 4.12. The maximum atomic E-state index is 6.42. The average molecular weight is 454 g/mol. The second-order valence-corrected chi connectivity index (χ2v) is 8.90. The van der Waals surface area contributed by atoms with Gasteiger partial charge in [0.25, 0.3) is 0 Å². The molecule has 5 nitrogen and oxygen atoms in total. The number of aromatic nitrogens is 1. The first-order valence-electron chi connectivity index (χ1n) is 10.6. The van der Waals surface area contributed by atoms with Gasteiger partial charge in [-0.2, -0.15) is 0 Å². The van der Waals surface area contributed by atoms with Crippen LogP contribution >= 0.6 is 23.8 Å². The topological polar surface area (TPSA) is 50.5 Å². The molecule has 2 aliphatic rings. The molecule has 1 N–H and O–H groups in total. The molecule has 7 heteroatoms. The fourth-order valence-corrected chi connectivity index (χ4v) is 4.92. The van der Waals surface area contributed by atoms with Crippen LogP contribution in [0, 0.1) is 6.92 Å². The van der Waals surface area contributed by atoms with Gasteiger partial charge in [0, 0.05) is 29.9 Å². The molecule has 0 radical (unpaired) electrons. The van der Waals surface area contributed by atoms with Gasteiger partial charge < -0.3 is 19.4 Å². The number of halogens is 1. The van der Waals surface area contributed by atoms with Crippen LogP contribution in [0.15, 0.2) is 59.1 Å². The number of furan rings is 1. The summed E-state index contributed by atoms with van der Waals surface area (Å²) in [5.41, 5.74) is 3.04. The van der Waals surface area contributed by atoms with Crippen LogP contribution in [0.5, 0.6) is 0 Å². The zero-order chi connectivity index (χ0) is 21.4. The van der Waals surface area contributed by atoms with Crippen LogP contribution in [0.3, 0.4) is 0 Å². The molecular formula is C24H24ClN3O2S. The van der Waals surface area contributed by atoms with Gasteiger partial charge >= 0.3 is 0 Å².